The zero-order valence-electron chi connectivity index (χ0n) is 13.0. The molecule has 4 aromatic rings. The number of hydrogen-bond donors (Lipinski definition) is 2. The predicted octanol–water partition coefficient (Wildman–Crippen LogP) is 4.70. The zero-order chi connectivity index (χ0) is 17.4. The molecule has 2 N–H and O–H groups in total. The summed E-state index contributed by atoms with van der Waals surface area (Å²) in [5.74, 6) is 1.69. The summed E-state index contributed by atoms with van der Waals surface area (Å²) in [6.45, 7) is 2.60. The van der Waals surface area contributed by atoms with E-state index in [4.69, 9.17) is 23.2 Å². The lowest BCUT2D eigenvalue weighted by Crippen LogP contribution is -2.04. The largest absolute Gasteiger partial charge is 0.365 e. The summed E-state index contributed by atoms with van der Waals surface area (Å²) >= 11 is 13.6. The normalized spacial score (nSPS) is 11.2. The fraction of sp³-hybridized carbons (Fsp3) is 0.125. The minimum atomic E-state index is 0.463. The fourth-order valence-electron chi connectivity index (χ4n) is 2.46. The molecule has 0 aliphatic rings. The molecular formula is C16H12Cl2N6S. The van der Waals surface area contributed by atoms with Crippen LogP contribution in [0, 0.1) is 6.92 Å². The minimum absolute atomic E-state index is 0.463. The Kier molecular flexibility index (Phi) is 4.29. The molecule has 4 rings (SSSR count). The van der Waals surface area contributed by atoms with E-state index >= 15 is 0 Å². The first-order valence-corrected chi connectivity index (χ1v) is 9.05. The SMILES string of the molecule is Cc1csc2nc(-c3nc[nH]n3)nc(NCc3ccc(Cl)c(Cl)c3)c12. The monoisotopic (exact) mass is 390 g/mol. The maximum Gasteiger partial charge on any atom is 0.218 e. The lowest BCUT2D eigenvalue weighted by atomic mass is 10.2. The molecule has 0 bridgehead atoms. The first-order chi connectivity index (χ1) is 12.1. The van der Waals surface area contributed by atoms with Crippen molar-refractivity contribution in [2.45, 2.75) is 13.5 Å². The van der Waals surface area contributed by atoms with E-state index in [1.165, 1.54) is 6.33 Å². The van der Waals surface area contributed by atoms with Crippen LogP contribution in [0.4, 0.5) is 5.82 Å². The van der Waals surface area contributed by atoms with Crippen molar-refractivity contribution in [2.24, 2.45) is 0 Å². The number of benzene rings is 1. The van der Waals surface area contributed by atoms with E-state index in [1.807, 2.05) is 19.1 Å². The molecule has 0 amide bonds. The van der Waals surface area contributed by atoms with Gasteiger partial charge in [0.05, 0.1) is 15.4 Å². The fourth-order valence-corrected chi connectivity index (χ4v) is 3.71. The Hall–Kier alpha value is -2.22. The van der Waals surface area contributed by atoms with Crippen LogP contribution in [0.5, 0.6) is 0 Å². The number of nitrogens with zero attached hydrogens (tertiary/aromatic N) is 4. The van der Waals surface area contributed by atoms with Crippen molar-refractivity contribution in [3.8, 4) is 11.6 Å². The van der Waals surface area contributed by atoms with Crippen molar-refractivity contribution >= 4 is 50.6 Å². The second-order valence-corrected chi connectivity index (χ2v) is 7.09. The Morgan fingerprint density at radius 2 is 2.04 bits per heavy atom. The highest BCUT2D eigenvalue weighted by atomic mass is 35.5. The van der Waals surface area contributed by atoms with Crippen LogP contribution >= 0.6 is 34.5 Å². The van der Waals surface area contributed by atoms with Crippen LogP contribution in [0.1, 0.15) is 11.1 Å². The molecule has 3 heterocycles. The summed E-state index contributed by atoms with van der Waals surface area (Å²) in [6, 6.07) is 5.55. The number of nitrogens with one attached hydrogen (secondary N) is 2. The molecule has 6 nitrogen and oxygen atoms in total. The van der Waals surface area contributed by atoms with Gasteiger partial charge in [-0.15, -0.1) is 11.3 Å². The van der Waals surface area contributed by atoms with Gasteiger partial charge in [-0.2, -0.15) is 5.10 Å². The second-order valence-electron chi connectivity index (χ2n) is 5.42. The molecule has 3 aromatic heterocycles. The number of halogens is 2. The molecular weight excluding hydrogens is 379 g/mol. The highest BCUT2D eigenvalue weighted by Gasteiger charge is 2.15. The average molecular weight is 391 g/mol. The van der Waals surface area contributed by atoms with Crippen molar-refractivity contribution in [1.82, 2.24) is 25.1 Å². The van der Waals surface area contributed by atoms with Crippen LogP contribution < -0.4 is 5.32 Å². The van der Waals surface area contributed by atoms with Crippen LogP contribution in [0.3, 0.4) is 0 Å². The molecule has 0 fully saturated rings. The third kappa shape index (κ3) is 3.18. The third-order valence-corrected chi connectivity index (χ3v) is 5.41. The van der Waals surface area contributed by atoms with Gasteiger partial charge in [0.25, 0.3) is 0 Å². The molecule has 0 radical (unpaired) electrons. The quantitative estimate of drug-likeness (QED) is 0.527. The summed E-state index contributed by atoms with van der Waals surface area (Å²) in [6.07, 6.45) is 1.51. The van der Waals surface area contributed by atoms with E-state index < -0.39 is 0 Å². The second kappa shape index (κ2) is 6.59. The number of anilines is 1. The molecule has 9 heteroatoms. The van der Waals surface area contributed by atoms with Gasteiger partial charge in [0, 0.05) is 6.54 Å². The molecule has 0 spiro atoms. The van der Waals surface area contributed by atoms with E-state index in [2.05, 4.69) is 35.8 Å². The first kappa shape index (κ1) is 16.3. The van der Waals surface area contributed by atoms with E-state index in [0.29, 0.717) is 28.2 Å². The number of rotatable bonds is 4. The smallest absolute Gasteiger partial charge is 0.218 e. The van der Waals surface area contributed by atoms with Crippen LogP contribution in [0.25, 0.3) is 21.9 Å². The van der Waals surface area contributed by atoms with Crippen molar-refractivity contribution in [1.29, 1.82) is 0 Å². The van der Waals surface area contributed by atoms with Gasteiger partial charge in [0.15, 0.2) is 0 Å². The van der Waals surface area contributed by atoms with Crippen molar-refractivity contribution in [3.05, 3.63) is 51.1 Å². The van der Waals surface area contributed by atoms with E-state index in [1.54, 1.807) is 17.4 Å². The Morgan fingerprint density at radius 3 is 2.80 bits per heavy atom. The third-order valence-electron chi connectivity index (χ3n) is 3.68. The van der Waals surface area contributed by atoms with E-state index in [9.17, 15) is 0 Å². The Morgan fingerprint density at radius 1 is 1.16 bits per heavy atom. The van der Waals surface area contributed by atoms with Gasteiger partial charge in [-0.05, 0) is 35.6 Å². The predicted molar refractivity (Wildman–Crippen MR) is 101 cm³/mol. The van der Waals surface area contributed by atoms with Gasteiger partial charge in [0.1, 0.15) is 17.0 Å². The van der Waals surface area contributed by atoms with Gasteiger partial charge in [-0.3, -0.25) is 5.10 Å². The van der Waals surface area contributed by atoms with E-state index in [0.717, 1.165) is 27.2 Å². The molecule has 25 heavy (non-hydrogen) atoms. The molecule has 126 valence electrons. The van der Waals surface area contributed by atoms with Gasteiger partial charge < -0.3 is 5.32 Å². The number of aromatic amines is 1. The molecule has 0 atom stereocenters. The lowest BCUT2D eigenvalue weighted by molar-refractivity contribution is 1.06. The zero-order valence-corrected chi connectivity index (χ0v) is 15.4. The topological polar surface area (TPSA) is 79.4 Å². The van der Waals surface area contributed by atoms with Crippen LogP contribution in [0.15, 0.2) is 29.9 Å². The first-order valence-electron chi connectivity index (χ1n) is 7.41. The summed E-state index contributed by atoms with van der Waals surface area (Å²) in [5.41, 5.74) is 2.13. The van der Waals surface area contributed by atoms with Gasteiger partial charge in [-0.1, -0.05) is 29.3 Å². The molecule has 0 saturated carbocycles. The Labute approximate surface area is 157 Å². The highest BCUT2D eigenvalue weighted by Crippen LogP contribution is 2.31. The maximum absolute atomic E-state index is 6.09. The van der Waals surface area contributed by atoms with Gasteiger partial charge in [-0.25, -0.2) is 15.0 Å². The Balaban J connectivity index is 1.72. The number of aryl methyl sites for hydroxylation is 1. The molecule has 0 aliphatic heterocycles. The molecule has 0 saturated heterocycles. The standard InChI is InChI=1S/C16H12Cl2N6S/c1-8-6-25-16-12(8)13(22-15(23-16)14-20-7-21-24-14)19-5-9-2-3-10(17)11(18)4-9/h2-4,6-7H,5H2,1H3,(H,19,22,23)(H,20,21,24). The molecule has 0 aliphatic carbocycles. The van der Waals surface area contributed by atoms with Crippen LogP contribution in [0.2, 0.25) is 10.0 Å². The summed E-state index contributed by atoms with van der Waals surface area (Å²) in [7, 11) is 0. The van der Waals surface area contributed by atoms with Crippen molar-refractivity contribution in [3.63, 3.8) is 0 Å². The van der Waals surface area contributed by atoms with Crippen LogP contribution in [-0.2, 0) is 6.54 Å². The lowest BCUT2D eigenvalue weighted by Gasteiger charge is -2.09. The van der Waals surface area contributed by atoms with Gasteiger partial charge in [0.2, 0.25) is 11.6 Å². The van der Waals surface area contributed by atoms with Crippen molar-refractivity contribution < 1.29 is 0 Å². The minimum Gasteiger partial charge on any atom is -0.365 e. The van der Waals surface area contributed by atoms with Gasteiger partial charge >= 0.3 is 0 Å². The number of fused-ring (bicyclic) bond motifs is 1. The number of hydrogen-bond acceptors (Lipinski definition) is 6. The average Bonchev–Trinajstić information content (AvgIpc) is 3.26. The molecule has 0 unspecified atom stereocenters. The maximum atomic E-state index is 6.09. The van der Waals surface area contributed by atoms with Crippen LogP contribution in [-0.4, -0.2) is 25.1 Å². The number of aromatic nitrogens is 5. The highest BCUT2D eigenvalue weighted by molar-refractivity contribution is 7.17. The summed E-state index contributed by atoms with van der Waals surface area (Å²) in [4.78, 5) is 14.2. The molecule has 1 aromatic carbocycles. The Bertz CT molecular complexity index is 1040. The summed E-state index contributed by atoms with van der Waals surface area (Å²) < 4.78 is 0. The summed E-state index contributed by atoms with van der Waals surface area (Å²) in [5, 5.41) is 14.2. The number of H-pyrrole nitrogens is 1. The van der Waals surface area contributed by atoms with Crippen molar-refractivity contribution in [2.75, 3.05) is 5.32 Å². The van der Waals surface area contributed by atoms with E-state index in [-0.39, 0.29) is 0 Å². The number of thiophene rings is 1.